The van der Waals surface area contributed by atoms with E-state index in [2.05, 4.69) is 15.5 Å². The molecular weight excluding hydrogens is 258 g/mol. The zero-order valence-corrected chi connectivity index (χ0v) is 10.6. The third-order valence-electron chi connectivity index (χ3n) is 3.46. The Hall–Kier alpha value is -0.990. The molecule has 2 aliphatic rings. The van der Waals surface area contributed by atoms with E-state index >= 15 is 0 Å². The predicted molar refractivity (Wildman–Crippen MR) is 61.7 cm³/mol. The van der Waals surface area contributed by atoms with Gasteiger partial charge in [0.2, 0.25) is 5.89 Å². The first kappa shape index (κ1) is 12.1. The molecule has 3 rings (SSSR count). The molecule has 100 valence electrons. The standard InChI is InChI=1S/C10H15N3O4S/c14-7-3-8(11-4-7)10-12-9(13-17-10)6-1-2-18(15,16)5-6/h6-8,11,14H,1-5H2/t6?,7-,8-/m1/s1. The van der Waals surface area contributed by atoms with Crippen LogP contribution >= 0.6 is 0 Å². The lowest BCUT2D eigenvalue weighted by molar-refractivity contribution is 0.191. The van der Waals surface area contributed by atoms with Crippen molar-refractivity contribution in [2.75, 3.05) is 18.1 Å². The molecule has 2 N–H and O–H groups in total. The fourth-order valence-corrected chi connectivity index (χ4v) is 4.20. The Kier molecular flexibility index (Phi) is 2.87. The number of hydrogen-bond donors (Lipinski definition) is 2. The van der Waals surface area contributed by atoms with Crippen LogP contribution in [0.4, 0.5) is 0 Å². The third kappa shape index (κ3) is 2.27. The van der Waals surface area contributed by atoms with Gasteiger partial charge in [-0.2, -0.15) is 4.98 Å². The number of aromatic nitrogens is 2. The SMILES string of the molecule is O=S1(=O)CCC(c2noc([C@H]3C[C@@H](O)CN3)n2)C1. The van der Waals surface area contributed by atoms with E-state index in [4.69, 9.17) is 4.52 Å². The van der Waals surface area contributed by atoms with Crippen molar-refractivity contribution >= 4 is 9.84 Å². The van der Waals surface area contributed by atoms with Crippen molar-refractivity contribution in [3.63, 3.8) is 0 Å². The van der Waals surface area contributed by atoms with Crippen molar-refractivity contribution < 1.29 is 18.0 Å². The highest BCUT2D eigenvalue weighted by Gasteiger charge is 2.34. The Balaban J connectivity index is 1.74. The van der Waals surface area contributed by atoms with Crippen LogP contribution in [0.5, 0.6) is 0 Å². The topological polar surface area (TPSA) is 105 Å². The summed E-state index contributed by atoms with van der Waals surface area (Å²) >= 11 is 0. The number of aliphatic hydroxyl groups excluding tert-OH is 1. The van der Waals surface area contributed by atoms with Crippen molar-refractivity contribution in [1.82, 2.24) is 15.5 Å². The molecule has 0 aromatic carbocycles. The minimum atomic E-state index is -2.94. The van der Waals surface area contributed by atoms with E-state index < -0.39 is 15.9 Å². The van der Waals surface area contributed by atoms with Gasteiger partial charge in [0.1, 0.15) is 0 Å². The van der Waals surface area contributed by atoms with Crippen molar-refractivity contribution in [2.45, 2.75) is 30.9 Å². The van der Waals surface area contributed by atoms with Crippen LogP contribution in [-0.4, -0.2) is 47.8 Å². The molecular formula is C10H15N3O4S. The lowest BCUT2D eigenvalue weighted by Crippen LogP contribution is -2.15. The summed E-state index contributed by atoms with van der Waals surface area (Å²) in [6.07, 6.45) is 0.712. The average Bonchev–Trinajstić information content (AvgIpc) is 2.96. The second-order valence-electron chi connectivity index (χ2n) is 4.94. The monoisotopic (exact) mass is 273 g/mol. The summed E-state index contributed by atoms with van der Waals surface area (Å²) in [5.41, 5.74) is 0. The van der Waals surface area contributed by atoms with Crippen molar-refractivity contribution in [3.8, 4) is 0 Å². The smallest absolute Gasteiger partial charge is 0.243 e. The summed E-state index contributed by atoms with van der Waals surface area (Å²) in [6.45, 7) is 0.514. The molecule has 0 bridgehead atoms. The van der Waals surface area contributed by atoms with Crippen LogP contribution in [0.1, 0.15) is 36.5 Å². The number of β-amino-alcohol motifs (C(OH)–C–C–N with tert-alkyl or cyclic N) is 1. The molecule has 1 unspecified atom stereocenters. The van der Waals surface area contributed by atoms with Gasteiger partial charge in [-0.1, -0.05) is 5.16 Å². The van der Waals surface area contributed by atoms with Gasteiger partial charge in [-0.15, -0.1) is 0 Å². The van der Waals surface area contributed by atoms with E-state index in [0.717, 1.165) is 0 Å². The summed E-state index contributed by atoms with van der Waals surface area (Å²) in [6, 6.07) is -0.126. The summed E-state index contributed by atoms with van der Waals surface area (Å²) in [7, 11) is -2.94. The van der Waals surface area contributed by atoms with Crippen LogP contribution < -0.4 is 5.32 Å². The molecule has 8 heteroatoms. The van der Waals surface area contributed by atoms with Gasteiger partial charge in [0.15, 0.2) is 15.7 Å². The summed E-state index contributed by atoms with van der Waals surface area (Å²) in [5.74, 6) is 1.05. The summed E-state index contributed by atoms with van der Waals surface area (Å²) in [4.78, 5) is 4.26. The molecule has 0 spiro atoms. The molecule has 0 aliphatic carbocycles. The highest BCUT2D eigenvalue weighted by Crippen LogP contribution is 2.29. The Morgan fingerprint density at radius 2 is 2.28 bits per heavy atom. The van der Waals surface area contributed by atoms with Crippen LogP contribution in [0.25, 0.3) is 0 Å². The molecule has 0 radical (unpaired) electrons. The predicted octanol–water partition coefficient (Wildman–Crippen LogP) is -0.633. The number of nitrogens with zero attached hydrogens (tertiary/aromatic N) is 2. The number of rotatable bonds is 2. The fraction of sp³-hybridized carbons (Fsp3) is 0.800. The summed E-state index contributed by atoms with van der Waals surface area (Å²) in [5, 5.41) is 16.4. The van der Waals surface area contributed by atoms with Crippen LogP contribution in [0.2, 0.25) is 0 Å². The largest absolute Gasteiger partial charge is 0.392 e. The quantitative estimate of drug-likeness (QED) is 0.738. The molecule has 3 heterocycles. The number of aliphatic hydroxyl groups is 1. The normalized spacial score (nSPS) is 35.1. The number of sulfone groups is 1. The molecule has 1 aromatic heterocycles. The van der Waals surface area contributed by atoms with Crippen molar-refractivity contribution in [3.05, 3.63) is 11.7 Å². The molecule has 7 nitrogen and oxygen atoms in total. The second kappa shape index (κ2) is 4.29. The van der Waals surface area contributed by atoms with Crippen LogP contribution in [0.15, 0.2) is 4.52 Å². The molecule has 1 aromatic rings. The van der Waals surface area contributed by atoms with Gasteiger partial charge >= 0.3 is 0 Å². The lowest BCUT2D eigenvalue weighted by atomic mass is 10.1. The molecule has 2 fully saturated rings. The zero-order chi connectivity index (χ0) is 12.8. The maximum atomic E-state index is 11.4. The number of nitrogens with one attached hydrogen (secondary N) is 1. The van der Waals surface area contributed by atoms with E-state index in [1.807, 2.05) is 0 Å². The molecule has 0 saturated carbocycles. The second-order valence-corrected chi connectivity index (χ2v) is 7.17. The maximum Gasteiger partial charge on any atom is 0.243 e. The first-order valence-corrected chi connectivity index (χ1v) is 7.81. The molecule has 3 atom stereocenters. The van der Waals surface area contributed by atoms with Crippen LogP contribution in [0.3, 0.4) is 0 Å². The number of hydrogen-bond acceptors (Lipinski definition) is 7. The van der Waals surface area contributed by atoms with E-state index in [-0.39, 0.29) is 23.5 Å². The van der Waals surface area contributed by atoms with E-state index in [9.17, 15) is 13.5 Å². The molecule has 0 amide bonds. The van der Waals surface area contributed by atoms with Crippen molar-refractivity contribution in [2.24, 2.45) is 0 Å². The Morgan fingerprint density at radius 1 is 1.44 bits per heavy atom. The van der Waals surface area contributed by atoms with Crippen LogP contribution in [-0.2, 0) is 9.84 Å². The first-order chi connectivity index (χ1) is 8.53. The van der Waals surface area contributed by atoms with Crippen molar-refractivity contribution in [1.29, 1.82) is 0 Å². The average molecular weight is 273 g/mol. The minimum Gasteiger partial charge on any atom is -0.392 e. The Morgan fingerprint density at radius 3 is 2.89 bits per heavy atom. The first-order valence-electron chi connectivity index (χ1n) is 5.99. The highest BCUT2D eigenvalue weighted by atomic mass is 32.2. The highest BCUT2D eigenvalue weighted by molar-refractivity contribution is 7.91. The molecule has 2 aliphatic heterocycles. The van der Waals surface area contributed by atoms with Gasteiger partial charge < -0.3 is 14.9 Å². The van der Waals surface area contributed by atoms with Crippen LogP contribution in [0, 0.1) is 0 Å². The molecule has 18 heavy (non-hydrogen) atoms. The lowest BCUT2D eigenvalue weighted by Gasteiger charge is -2.02. The molecule has 2 saturated heterocycles. The van der Waals surface area contributed by atoms with Gasteiger partial charge in [-0.05, 0) is 12.8 Å². The zero-order valence-electron chi connectivity index (χ0n) is 9.74. The summed E-state index contributed by atoms with van der Waals surface area (Å²) < 4.78 is 27.9. The maximum absolute atomic E-state index is 11.4. The van der Waals surface area contributed by atoms with Gasteiger partial charge in [0.05, 0.1) is 23.7 Å². The van der Waals surface area contributed by atoms with Gasteiger partial charge in [-0.25, -0.2) is 8.42 Å². The minimum absolute atomic E-state index is 0.104. The third-order valence-corrected chi connectivity index (χ3v) is 5.23. The van der Waals surface area contributed by atoms with E-state index in [0.29, 0.717) is 31.1 Å². The van der Waals surface area contributed by atoms with E-state index in [1.165, 1.54) is 0 Å². The Labute approximate surface area is 104 Å². The van der Waals surface area contributed by atoms with Gasteiger partial charge in [0, 0.05) is 12.5 Å². The van der Waals surface area contributed by atoms with Gasteiger partial charge in [0.25, 0.3) is 0 Å². The van der Waals surface area contributed by atoms with E-state index in [1.54, 1.807) is 0 Å². The van der Waals surface area contributed by atoms with Gasteiger partial charge in [-0.3, -0.25) is 0 Å². The Bertz CT molecular complexity index is 541. The fourth-order valence-electron chi connectivity index (χ4n) is 2.46.